The largest absolute Gasteiger partial charge is 0.497 e. The van der Waals surface area contributed by atoms with Crippen LogP contribution in [0, 0.1) is 4.77 Å². The van der Waals surface area contributed by atoms with Gasteiger partial charge in [-0.05, 0) is 54.7 Å². The van der Waals surface area contributed by atoms with E-state index in [1.807, 2.05) is 59.4 Å². The van der Waals surface area contributed by atoms with Gasteiger partial charge >= 0.3 is 0 Å². The first-order valence-corrected chi connectivity index (χ1v) is 10.5. The van der Waals surface area contributed by atoms with Crippen LogP contribution in [-0.4, -0.2) is 38.4 Å². The number of nitrogens with zero attached hydrogens (tertiary/aromatic N) is 5. The highest BCUT2D eigenvalue weighted by Gasteiger charge is 2.15. The predicted octanol–water partition coefficient (Wildman–Crippen LogP) is 4.62. The molecule has 0 unspecified atom stereocenters. The van der Waals surface area contributed by atoms with Gasteiger partial charge in [-0.2, -0.15) is 5.10 Å². The van der Waals surface area contributed by atoms with Crippen LogP contribution in [0.4, 0.5) is 0 Å². The molecule has 0 saturated heterocycles. The molecule has 0 aliphatic carbocycles. The van der Waals surface area contributed by atoms with Crippen LogP contribution in [0.1, 0.15) is 11.1 Å². The van der Waals surface area contributed by atoms with Crippen LogP contribution in [0.2, 0.25) is 0 Å². The summed E-state index contributed by atoms with van der Waals surface area (Å²) in [6, 6.07) is 22.3. The Balaban J connectivity index is 1.62. The summed E-state index contributed by atoms with van der Waals surface area (Å²) in [5.41, 5.74) is 3.29. The van der Waals surface area contributed by atoms with Crippen molar-refractivity contribution in [2.75, 3.05) is 14.2 Å². The van der Waals surface area contributed by atoms with Crippen molar-refractivity contribution in [3.05, 3.63) is 95.0 Å². The van der Waals surface area contributed by atoms with Crippen LogP contribution in [0.3, 0.4) is 0 Å². The van der Waals surface area contributed by atoms with Gasteiger partial charge < -0.3 is 4.74 Å². The summed E-state index contributed by atoms with van der Waals surface area (Å²) in [5, 5.41) is 4.86. The molecular formula is C24H25N5OS. The van der Waals surface area contributed by atoms with E-state index in [1.54, 1.807) is 13.3 Å². The first kappa shape index (κ1) is 21.0. The number of pyridine rings is 1. The van der Waals surface area contributed by atoms with Crippen molar-refractivity contribution in [2.45, 2.75) is 19.8 Å². The van der Waals surface area contributed by atoms with Crippen molar-refractivity contribution in [2.24, 2.45) is 0 Å². The molecule has 0 radical (unpaired) electrons. The second kappa shape index (κ2) is 9.68. The normalized spacial score (nSPS) is 11.1. The lowest BCUT2D eigenvalue weighted by molar-refractivity contribution is 0.243. The van der Waals surface area contributed by atoms with Gasteiger partial charge in [-0.3, -0.25) is 14.5 Å². The highest BCUT2D eigenvalue weighted by Crippen LogP contribution is 2.20. The van der Waals surface area contributed by atoms with Crippen LogP contribution in [0.25, 0.3) is 11.4 Å². The summed E-state index contributed by atoms with van der Waals surface area (Å²) < 4.78 is 9.96. The first-order valence-electron chi connectivity index (χ1n) is 10.1. The summed E-state index contributed by atoms with van der Waals surface area (Å²) >= 11 is 5.83. The lowest BCUT2D eigenvalue weighted by atomic mass is 10.2. The average Bonchev–Trinajstić information content (AvgIpc) is 3.10. The van der Waals surface area contributed by atoms with Crippen molar-refractivity contribution in [1.82, 2.24) is 24.2 Å². The molecule has 0 N–H and O–H groups in total. The number of rotatable bonds is 8. The zero-order chi connectivity index (χ0) is 21.6. The lowest BCUT2D eigenvalue weighted by Crippen LogP contribution is -2.22. The van der Waals surface area contributed by atoms with Crippen molar-refractivity contribution in [1.29, 1.82) is 0 Å². The Bertz CT molecular complexity index is 1190. The van der Waals surface area contributed by atoms with E-state index in [9.17, 15) is 0 Å². The Hall–Kier alpha value is -3.29. The Labute approximate surface area is 187 Å². The van der Waals surface area contributed by atoms with Gasteiger partial charge in [0.05, 0.1) is 20.3 Å². The molecule has 158 valence electrons. The van der Waals surface area contributed by atoms with E-state index in [-0.39, 0.29) is 0 Å². The van der Waals surface area contributed by atoms with E-state index < -0.39 is 0 Å². The fraction of sp³-hybridized carbons (Fsp3) is 0.208. The molecule has 6 nitrogen and oxygen atoms in total. The number of hydrogen-bond donors (Lipinski definition) is 0. The molecule has 0 fully saturated rings. The third-order valence-corrected chi connectivity index (χ3v) is 5.42. The zero-order valence-corrected chi connectivity index (χ0v) is 18.5. The van der Waals surface area contributed by atoms with Gasteiger partial charge in [0, 0.05) is 24.5 Å². The SMILES string of the molecule is COc1cccc(CN(C)Cn2nc(-c3cccnc3)n(Cc3ccccc3)c2=S)c1. The van der Waals surface area contributed by atoms with Gasteiger partial charge in [-0.25, -0.2) is 4.68 Å². The monoisotopic (exact) mass is 431 g/mol. The molecule has 31 heavy (non-hydrogen) atoms. The summed E-state index contributed by atoms with van der Waals surface area (Å²) in [6.45, 7) is 1.99. The molecule has 4 aromatic rings. The molecule has 0 spiro atoms. The van der Waals surface area contributed by atoms with E-state index in [0.29, 0.717) is 18.0 Å². The van der Waals surface area contributed by atoms with Gasteiger partial charge in [0.15, 0.2) is 10.6 Å². The molecular weight excluding hydrogens is 406 g/mol. The van der Waals surface area contributed by atoms with E-state index >= 15 is 0 Å². The van der Waals surface area contributed by atoms with Crippen LogP contribution < -0.4 is 4.74 Å². The molecule has 2 aromatic carbocycles. The van der Waals surface area contributed by atoms with Crippen LogP contribution in [-0.2, 0) is 19.8 Å². The topological polar surface area (TPSA) is 48.1 Å². The molecule has 0 aliphatic heterocycles. The Morgan fingerprint density at radius 1 is 1.00 bits per heavy atom. The Morgan fingerprint density at radius 3 is 2.55 bits per heavy atom. The lowest BCUT2D eigenvalue weighted by Gasteiger charge is -2.17. The number of aromatic nitrogens is 4. The minimum atomic E-state index is 0.574. The average molecular weight is 432 g/mol. The van der Waals surface area contributed by atoms with E-state index in [1.165, 1.54) is 11.1 Å². The molecule has 2 aromatic heterocycles. The Kier molecular flexibility index (Phi) is 6.54. The standard InChI is InChI=1S/C24H25N5OS/c1-27(16-20-10-6-12-22(14-20)30-2)18-29-24(31)28(17-19-8-4-3-5-9-19)23(26-29)21-11-7-13-25-15-21/h3-15H,16-18H2,1-2H3. The smallest absolute Gasteiger partial charge is 0.199 e. The molecule has 0 atom stereocenters. The minimum absolute atomic E-state index is 0.574. The van der Waals surface area contributed by atoms with E-state index in [0.717, 1.165) is 23.7 Å². The second-order valence-corrected chi connectivity index (χ2v) is 7.79. The number of benzene rings is 2. The van der Waals surface area contributed by atoms with E-state index in [4.69, 9.17) is 22.1 Å². The second-order valence-electron chi connectivity index (χ2n) is 7.43. The number of methoxy groups -OCH3 is 1. The minimum Gasteiger partial charge on any atom is -0.497 e. The quantitative estimate of drug-likeness (QED) is 0.381. The highest BCUT2D eigenvalue weighted by molar-refractivity contribution is 7.71. The summed E-state index contributed by atoms with van der Waals surface area (Å²) in [5.74, 6) is 1.67. The van der Waals surface area contributed by atoms with Gasteiger partial charge in [0.25, 0.3) is 0 Å². The molecule has 0 saturated carbocycles. The van der Waals surface area contributed by atoms with Crippen molar-refractivity contribution in [3.63, 3.8) is 0 Å². The van der Waals surface area contributed by atoms with Crippen LogP contribution >= 0.6 is 12.2 Å². The molecule has 0 aliphatic rings. The zero-order valence-electron chi connectivity index (χ0n) is 17.7. The molecule has 2 heterocycles. The van der Waals surface area contributed by atoms with Gasteiger partial charge in [0.1, 0.15) is 5.75 Å². The van der Waals surface area contributed by atoms with Crippen molar-refractivity contribution < 1.29 is 4.74 Å². The van der Waals surface area contributed by atoms with Crippen molar-refractivity contribution in [3.8, 4) is 17.1 Å². The highest BCUT2D eigenvalue weighted by atomic mass is 32.1. The fourth-order valence-corrected chi connectivity index (χ4v) is 3.76. The maximum atomic E-state index is 5.83. The molecule has 7 heteroatoms. The first-order chi connectivity index (χ1) is 15.1. The predicted molar refractivity (Wildman–Crippen MR) is 124 cm³/mol. The summed E-state index contributed by atoms with van der Waals surface area (Å²) in [6.07, 6.45) is 3.58. The maximum Gasteiger partial charge on any atom is 0.199 e. The van der Waals surface area contributed by atoms with Gasteiger partial charge in [-0.15, -0.1) is 0 Å². The van der Waals surface area contributed by atoms with Crippen molar-refractivity contribution >= 4 is 12.2 Å². The van der Waals surface area contributed by atoms with Crippen LogP contribution in [0.15, 0.2) is 79.1 Å². The summed E-state index contributed by atoms with van der Waals surface area (Å²) in [7, 11) is 3.74. The Morgan fingerprint density at radius 2 is 1.81 bits per heavy atom. The molecule has 4 rings (SSSR count). The van der Waals surface area contributed by atoms with E-state index in [2.05, 4.69) is 39.7 Å². The van der Waals surface area contributed by atoms with Crippen LogP contribution in [0.5, 0.6) is 5.75 Å². The number of ether oxygens (including phenoxy) is 1. The maximum absolute atomic E-state index is 5.83. The summed E-state index contributed by atoms with van der Waals surface area (Å²) in [4.78, 5) is 6.44. The number of hydrogen-bond acceptors (Lipinski definition) is 5. The van der Waals surface area contributed by atoms with Gasteiger partial charge in [-0.1, -0.05) is 42.5 Å². The third-order valence-electron chi connectivity index (χ3n) is 4.99. The molecule has 0 amide bonds. The van der Waals surface area contributed by atoms with Gasteiger partial charge in [0.2, 0.25) is 0 Å². The molecule has 0 bridgehead atoms. The third kappa shape index (κ3) is 5.07. The fourth-order valence-electron chi connectivity index (χ4n) is 3.51.